The van der Waals surface area contributed by atoms with Crippen molar-refractivity contribution in [2.75, 3.05) is 18.4 Å². The second-order valence-corrected chi connectivity index (χ2v) is 9.57. The van der Waals surface area contributed by atoms with Crippen LogP contribution in [0.4, 0.5) is 5.69 Å². The van der Waals surface area contributed by atoms with E-state index in [-0.39, 0.29) is 11.3 Å². The second-order valence-electron chi connectivity index (χ2n) is 9.57. The van der Waals surface area contributed by atoms with Gasteiger partial charge in [0.15, 0.2) is 0 Å². The number of aldehydes is 1. The minimum absolute atomic E-state index is 0.0881. The molecule has 3 heterocycles. The first-order chi connectivity index (χ1) is 15.1. The Bertz CT molecular complexity index is 1200. The second kappa shape index (κ2) is 6.42. The molecule has 1 spiro atoms. The normalized spacial score (nSPS) is 33.5. The molecule has 6 rings (SSSR count). The number of nitrogens with zero attached hydrogens (tertiary/aromatic N) is 2. The smallest absolute Gasteiger partial charge is 0.148 e. The number of para-hydroxylation sites is 1. The van der Waals surface area contributed by atoms with Gasteiger partial charge in [0.25, 0.3) is 0 Å². The lowest BCUT2D eigenvalue weighted by Gasteiger charge is -2.53. The number of rotatable bonds is 3. The molecule has 4 atom stereocenters. The Morgan fingerprint density at radius 3 is 2.77 bits per heavy atom. The molecule has 1 aliphatic carbocycles. The summed E-state index contributed by atoms with van der Waals surface area (Å²) in [7, 11) is 0. The third-order valence-electron chi connectivity index (χ3n) is 8.44. The van der Waals surface area contributed by atoms with E-state index in [9.17, 15) is 10.1 Å². The molecule has 2 aromatic rings. The van der Waals surface area contributed by atoms with E-state index >= 15 is 0 Å². The molecule has 31 heavy (non-hydrogen) atoms. The number of hydrogen-bond acceptors (Lipinski definition) is 3. The number of hydrogen-bond donors (Lipinski definition) is 1. The number of nitriles is 1. The van der Waals surface area contributed by atoms with Gasteiger partial charge in [-0.1, -0.05) is 36.4 Å². The molecule has 0 aromatic heterocycles. The van der Waals surface area contributed by atoms with Crippen LogP contribution in [0.3, 0.4) is 0 Å². The fraction of sp³-hybridized carbons (Fsp3) is 0.333. The monoisotopic (exact) mass is 408 g/mol. The van der Waals surface area contributed by atoms with Gasteiger partial charge in [-0.25, -0.2) is 0 Å². The van der Waals surface area contributed by atoms with Crippen LogP contribution in [0.15, 0.2) is 71.5 Å². The van der Waals surface area contributed by atoms with Crippen LogP contribution in [0.25, 0.3) is 0 Å². The quantitative estimate of drug-likeness (QED) is 0.464. The van der Waals surface area contributed by atoms with Gasteiger partial charge >= 0.3 is 0 Å². The number of allylic oxidation sites excluding steroid dienone is 2. The van der Waals surface area contributed by atoms with Crippen LogP contribution in [0.5, 0.6) is 0 Å². The van der Waals surface area contributed by atoms with Gasteiger partial charge in [0.05, 0.1) is 23.6 Å². The summed E-state index contributed by atoms with van der Waals surface area (Å²) in [5.74, 6) is 0.225. The first-order valence-electron chi connectivity index (χ1n) is 11.2. The molecule has 1 N–H and O–H groups in total. The van der Waals surface area contributed by atoms with E-state index in [1.54, 1.807) is 0 Å². The zero-order valence-electron chi connectivity index (χ0n) is 17.8. The standard InChI is InChI=1S/C27H25N3O/c1-2-20-16-30(15-19-9-7-18(14-28)8-10-19)12-11-27-23-5-3-4-6-24(23)29-26(27)22(17-31)21(20)13-25(27)30/h2-10,17,21,25H,11-13,15-16H2,1H3/p+1/b20-2-/t21-,25-,27+,30-/m0/s1. The highest BCUT2D eigenvalue weighted by Gasteiger charge is 2.68. The van der Waals surface area contributed by atoms with Crippen molar-refractivity contribution in [2.24, 2.45) is 5.92 Å². The Kier molecular flexibility index (Phi) is 3.85. The number of quaternary nitrogens is 1. The van der Waals surface area contributed by atoms with Crippen molar-refractivity contribution in [3.63, 3.8) is 0 Å². The third-order valence-corrected chi connectivity index (χ3v) is 8.44. The molecular formula is C27H26N3O+. The molecule has 0 saturated carbocycles. The van der Waals surface area contributed by atoms with Crippen molar-refractivity contribution in [2.45, 2.75) is 37.8 Å². The Balaban J connectivity index is 1.54. The molecule has 4 heteroatoms. The molecule has 2 aromatic carbocycles. The molecule has 0 unspecified atom stereocenters. The zero-order valence-corrected chi connectivity index (χ0v) is 17.8. The van der Waals surface area contributed by atoms with Crippen molar-refractivity contribution in [3.05, 3.63) is 88.1 Å². The van der Waals surface area contributed by atoms with Crippen molar-refractivity contribution in [1.29, 1.82) is 5.26 Å². The van der Waals surface area contributed by atoms with E-state index in [0.29, 0.717) is 11.6 Å². The largest absolute Gasteiger partial charge is 0.357 e. The van der Waals surface area contributed by atoms with Gasteiger partial charge < -0.3 is 9.80 Å². The molecule has 3 aliphatic heterocycles. The van der Waals surface area contributed by atoms with Gasteiger partial charge in [0.1, 0.15) is 25.4 Å². The summed E-state index contributed by atoms with van der Waals surface area (Å²) in [6, 6.07) is 19.4. The van der Waals surface area contributed by atoms with E-state index in [2.05, 4.69) is 60.8 Å². The summed E-state index contributed by atoms with van der Waals surface area (Å²) in [6.45, 7) is 5.19. The van der Waals surface area contributed by atoms with Gasteiger partial charge in [-0.3, -0.25) is 4.79 Å². The lowest BCUT2D eigenvalue weighted by molar-refractivity contribution is -0.954. The Labute approximate surface area is 183 Å². The third kappa shape index (κ3) is 2.30. The summed E-state index contributed by atoms with van der Waals surface area (Å²) in [5, 5.41) is 12.9. The Hall–Kier alpha value is -3.16. The van der Waals surface area contributed by atoms with E-state index in [0.717, 1.165) is 48.8 Å². The van der Waals surface area contributed by atoms with Crippen molar-refractivity contribution < 1.29 is 9.28 Å². The maximum Gasteiger partial charge on any atom is 0.148 e. The van der Waals surface area contributed by atoms with Crippen molar-refractivity contribution in [1.82, 2.24) is 0 Å². The summed E-state index contributed by atoms with van der Waals surface area (Å²) in [6.07, 6.45) is 5.47. The maximum absolute atomic E-state index is 12.4. The fourth-order valence-electron chi connectivity index (χ4n) is 7.18. The van der Waals surface area contributed by atoms with E-state index in [1.807, 2.05) is 12.1 Å². The molecule has 154 valence electrons. The summed E-state index contributed by atoms with van der Waals surface area (Å²) >= 11 is 0. The zero-order chi connectivity index (χ0) is 21.2. The van der Waals surface area contributed by atoms with Crippen LogP contribution in [-0.2, 0) is 16.8 Å². The number of piperidine rings is 1. The highest BCUT2D eigenvalue weighted by Crippen LogP contribution is 2.63. The predicted octanol–water partition coefficient (Wildman–Crippen LogP) is 4.44. The van der Waals surface area contributed by atoms with Crippen LogP contribution in [0.1, 0.15) is 36.5 Å². The van der Waals surface area contributed by atoms with Gasteiger partial charge in [-0.05, 0) is 36.3 Å². The lowest BCUT2D eigenvalue weighted by atomic mass is 9.61. The van der Waals surface area contributed by atoms with Gasteiger partial charge in [0.2, 0.25) is 0 Å². The average molecular weight is 409 g/mol. The molecule has 4 aliphatic rings. The molecule has 2 saturated heterocycles. The van der Waals surface area contributed by atoms with Crippen molar-refractivity contribution in [3.8, 4) is 6.07 Å². The molecule has 2 fully saturated rings. The summed E-state index contributed by atoms with van der Waals surface area (Å²) < 4.78 is 1.04. The van der Waals surface area contributed by atoms with Crippen LogP contribution >= 0.6 is 0 Å². The highest BCUT2D eigenvalue weighted by atomic mass is 16.1. The minimum atomic E-state index is -0.0881. The van der Waals surface area contributed by atoms with Crippen LogP contribution in [-0.4, -0.2) is 29.9 Å². The number of carbonyl (C=O) groups is 1. The van der Waals surface area contributed by atoms with Crippen LogP contribution in [0.2, 0.25) is 0 Å². The molecular weight excluding hydrogens is 382 g/mol. The minimum Gasteiger partial charge on any atom is -0.357 e. The van der Waals surface area contributed by atoms with Crippen LogP contribution < -0.4 is 5.32 Å². The van der Waals surface area contributed by atoms with Gasteiger partial charge in [-0.15, -0.1) is 0 Å². The predicted molar refractivity (Wildman–Crippen MR) is 120 cm³/mol. The number of fused-ring (bicyclic) bond motifs is 2. The first kappa shape index (κ1) is 18.6. The average Bonchev–Trinajstić information content (AvgIpc) is 3.33. The number of carbonyl (C=O) groups excluding carboxylic acids is 1. The maximum atomic E-state index is 12.4. The topological polar surface area (TPSA) is 52.9 Å². The Morgan fingerprint density at radius 1 is 1.23 bits per heavy atom. The molecule has 4 nitrogen and oxygen atoms in total. The van der Waals surface area contributed by atoms with Gasteiger partial charge in [0, 0.05) is 41.3 Å². The SMILES string of the molecule is C/C=C1/C[N@@+]2(Cc3ccc(C#N)cc3)CC[C@]34C(=C(C=O)[C@H]1C[C@@H]32)Nc1ccccc14. The summed E-state index contributed by atoms with van der Waals surface area (Å²) in [4.78, 5) is 12.4. The lowest BCUT2D eigenvalue weighted by Crippen LogP contribution is -2.62. The van der Waals surface area contributed by atoms with E-state index < -0.39 is 0 Å². The van der Waals surface area contributed by atoms with E-state index in [1.165, 1.54) is 28.1 Å². The van der Waals surface area contributed by atoms with E-state index in [4.69, 9.17) is 0 Å². The molecule has 2 bridgehead atoms. The van der Waals surface area contributed by atoms with Crippen LogP contribution in [0, 0.1) is 17.2 Å². The first-order valence-corrected chi connectivity index (χ1v) is 11.2. The number of benzene rings is 2. The highest BCUT2D eigenvalue weighted by molar-refractivity contribution is 5.84. The van der Waals surface area contributed by atoms with Crippen molar-refractivity contribution >= 4 is 12.0 Å². The summed E-state index contributed by atoms with van der Waals surface area (Å²) in [5.41, 5.74) is 7.99. The Morgan fingerprint density at radius 2 is 2.03 bits per heavy atom. The number of anilines is 1. The molecule has 0 amide bonds. The molecule has 0 radical (unpaired) electrons. The fourth-order valence-corrected chi connectivity index (χ4v) is 7.18. The number of nitrogens with one attached hydrogen (secondary N) is 1. The van der Waals surface area contributed by atoms with Gasteiger partial charge in [-0.2, -0.15) is 5.26 Å².